The molecule has 3 aromatic heterocycles. The van der Waals surface area contributed by atoms with Crippen LogP contribution in [-0.4, -0.2) is 20.7 Å². The number of furan rings is 1. The van der Waals surface area contributed by atoms with Crippen molar-refractivity contribution in [2.75, 3.05) is 5.32 Å². The molecule has 3 heterocycles. The van der Waals surface area contributed by atoms with Crippen molar-refractivity contribution in [2.24, 2.45) is 0 Å². The summed E-state index contributed by atoms with van der Waals surface area (Å²) >= 11 is 7.42. The molecule has 30 heavy (non-hydrogen) atoms. The van der Waals surface area contributed by atoms with Gasteiger partial charge in [0.15, 0.2) is 5.76 Å². The molecule has 1 amide bonds. The predicted molar refractivity (Wildman–Crippen MR) is 119 cm³/mol. The third-order valence-electron chi connectivity index (χ3n) is 4.51. The van der Waals surface area contributed by atoms with Gasteiger partial charge >= 0.3 is 0 Å². The summed E-state index contributed by atoms with van der Waals surface area (Å²) in [4.78, 5) is 17.3. The van der Waals surface area contributed by atoms with Crippen molar-refractivity contribution >= 4 is 45.6 Å². The number of nitrogens with one attached hydrogen (secondary N) is 1. The van der Waals surface area contributed by atoms with Crippen LogP contribution < -0.4 is 5.32 Å². The molecule has 6 nitrogen and oxygen atoms in total. The summed E-state index contributed by atoms with van der Waals surface area (Å²) in [6.07, 6.45) is 0. The van der Waals surface area contributed by atoms with Crippen LogP contribution in [-0.2, 0) is 0 Å². The number of hydrogen-bond donors (Lipinski definition) is 1. The van der Waals surface area contributed by atoms with Crippen molar-refractivity contribution in [1.29, 1.82) is 0 Å². The maximum atomic E-state index is 12.6. The van der Waals surface area contributed by atoms with Crippen LogP contribution in [0.5, 0.6) is 0 Å². The molecule has 148 valence electrons. The molecular formula is C22H15ClN4O2S. The largest absolute Gasteiger partial charge is 0.454 e. The van der Waals surface area contributed by atoms with E-state index >= 15 is 0 Å². The molecule has 0 saturated carbocycles. The molecule has 5 rings (SSSR count). The van der Waals surface area contributed by atoms with E-state index in [4.69, 9.17) is 16.0 Å². The Morgan fingerprint density at radius 3 is 2.83 bits per heavy atom. The van der Waals surface area contributed by atoms with E-state index in [1.807, 2.05) is 42.6 Å². The third-order valence-corrected chi connectivity index (χ3v) is 5.56. The van der Waals surface area contributed by atoms with Gasteiger partial charge in [-0.2, -0.15) is 9.78 Å². The maximum Gasteiger partial charge on any atom is 0.256 e. The summed E-state index contributed by atoms with van der Waals surface area (Å²) < 4.78 is 7.52. The molecule has 0 fully saturated rings. The molecule has 1 N–H and O–H groups in total. The van der Waals surface area contributed by atoms with Gasteiger partial charge in [-0.1, -0.05) is 35.9 Å². The number of nitrogens with zero attached hydrogens (tertiary/aromatic N) is 3. The van der Waals surface area contributed by atoms with E-state index in [1.54, 1.807) is 35.0 Å². The predicted octanol–water partition coefficient (Wildman–Crippen LogP) is 5.96. The summed E-state index contributed by atoms with van der Waals surface area (Å²) in [6.45, 7) is 1.86. The summed E-state index contributed by atoms with van der Waals surface area (Å²) in [5.74, 6) is 0.947. The Hall–Kier alpha value is -3.42. The average molecular weight is 435 g/mol. The van der Waals surface area contributed by atoms with Gasteiger partial charge in [0.25, 0.3) is 5.91 Å². The van der Waals surface area contributed by atoms with Gasteiger partial charge in [0.1, 0.15) is 17.1 Å². The highest BCUT2D eigenvalue weighted by atomic mass is 35.5. The molecular weight excluding hydrogens is 420 g/mol. The summed E-state index contributed by atoms with van der Waals surface area (Å²) in [6, 6.07) is 18.4. The lowest BCUT2D eigenvalue weighted by atomic mass is 10.2. The third kappa shape index (κ3) is 3.49. The molecule has 2 aromatic carbocycles. The van der Waals surface area contributed by atoms with E-state index in [0.717, 1.165) is 16.7 Å². The van der Waals surface area contributed by atoms with Crippen LogP contribution in [0.25, 0.3) is 27.6 Å². The zero-order chi connectivity index (χ0) is 20.7. The van der Waals surface area contributed by atoms with Crippen LogP contribution in [0.15, 0.2) is 70.5 Å². The first-order valence-electron chi connectivity index (χ1n) is 9.15. The number of para-hydroxylation sites is 1. The first-order chi connectivity index (χ1) is 14.6. The van der Waals surface area contributed by atoms with Crippen LogP contribution in [0.1, 0.15) is 16.1 Å². The van der Waals surface area contributed by atoms with E-state index in [0.29, 0.717) is 33.0 Å². The fraction of sp³-hybridized carbons (Fsp3) is 0.0455. The van der Waals surface area contributed by atoms with E-state index in [2.05, 4.69) is 15.4 Å². The van der Waals surface area contributed by atoms with Gasteiger partial charge in [-0.15, -0.1) is 11.3 Å². The standard InChI is InChI=1S/C22H15ClN4O2S/c1-13-9-20(25-21(28)15-6-4-7-16(23)10-15)27(26-13)22-24-17(12-30-22)19-11-14-5-2-3-8-18(14)29-19/h2-12H,1H3,(H,25,28). The highest BCUT2D eigenvalue weighted by Crippen LogP contribution is 2.30. The lowest BCUT2D eigenvalue weighted by Crippen LogP contribution is -2.15. The van der Waals surface area contributed by atoms with Gasteiger partial charge in [0.2, 0.25) is 5.13 Å². The van der Waals surface area contributed by atoms with Crippen LogP contribution in [0.3, 0.4) is 0 Å². The Kier molecular flexibility index (Phi) is 4.61. The first-order valence-corrected chi connectivity index (χ1v) is 10.4. The summed E-state index contributed by atoms with van der Waals surface area (Å²) in [5, 5.41) is 11.4. The second kappa shape index (κ2) is 7.44. The van der Waals surface area contributed by atoms with Crippen molar-refractivity contribution < 1.29 is 9.21 Å². The summed E-state index contributed by atoms with van der Waals surface area (Å²) in [5.41, 5.74) is 2.75. The fourth-order valence-corrected chi connectivity index (χ4v) is 4.10. The maximum absolute atomic E-state index is 12.6. The fourth-order valence-electron chi connectivity index (χ4n) is 3.14. The van der Waals surface area contributed by atoms with Crippen LogP contribution in [0.4, 0.5) is 5.82 Å². The highest BCUT2D eigenvalue weighted by Gasteiger charge is 2.17. The highest BCUT2D eigenvalue weighted by molar-refractivity contribution is 7.12. The number of benzene rings is 2. The van der Waals surface area contributed by atoms with Crippen molar-refractivity contribution in [3.8, 4) is 16.6 Å². The van der Waals surface area contributed by atoms with E-state index in [-0.39, 0.29) is 5.91 Å². The number of carbonyl (C=O) groups excluding carboxylic acids is 1. The van der Waals surface area contributed by atoms with Crippen LogP contribution in [0, 0.1) is 6.92 Å². The second-order valence-electron chi connectivity index (χ2n) is 6.71. The van der Waals surface area contributed by atoms with E-state index in [1.165, 1.54) is 11.3 Å². The second-order valence-corrected chi connectivity index (χ2v) is 7.98. The minimum atomic E-state index is -0.271. The Balaban J connectivity index is 1.46. The quantitative estimate of drug-likeness (QED) is 0.379. The van der Waals surface area contributed by atoms with Gasteiger partial charge in [-0.05, 0) is 37.3 Å². The smallest absolute Gasteiger partial charge is 0.256 e. The van der Waals surface area contributed by atoms with Crippen LogP contribution >= 0.6 is 22.9 Å². The minimum Gasteiger partial charge on any atom is -0.454 e. The number of amides is 1. The van der Waals surface area contributed by atoms with Gasteiger partial charge in [-0.3, -0.25) is 4.79 Å². The number of fused-ring (bicyclic) bond motifs is 1. The van der Waals surface area contributed by atoms with Gasteiger partial charge in [0.05, 0.1) is 5.69 Å². The number of hydrogen-bond acceptors (Lipinski definition) is 5. The number of halogens is 1. The number of carbonyl (C=O) groups is 1. The molecule has 0 bridgehead atoms. The number of anilines is 1. The van der Waals surface area contributed by atoms with E-state index in [9.17, 15) is 4.79 Å². The van der Waals surface area contributed by atoms with Crippen molar-refractivity contribution in [3.05, 3.63) is 82.3 Å². The molecule has 0 aliphatic carbocycles. The van der Waals surface area contributed by atoms with Crippen LogP contribution in [0.2, 0.25) is 5.02 Å². The minimum absolute atomic E-state index is 0.271. The molecule has 0 radical (unpaired) electrons. The van der Waals surface area contributed by atoms with Crippen molar-refractivity contribution in [1.82, 2.24) is 14.8 Å². The van der Waals surface area contributed by atoms with E-state index < -0.39 is 0 Å². The lowest BCUT2D eigenvalue weighted by Gasteiger charge is -2.06. The molecule has 0 aliphatic heterocycles. The van der Waals surface area contributed by atoms with Crippen molar-refractivity contribution in [3.63, 3.8) is 0 Å². The lowest BCUT2D eigenvalue weighted by molar-refractivity contribution is 0.102. The Morgan fingerprint density at radius 1 is 1.13 bits per heavy atom. The van der Waals surface area contributed by atoms with Gasteiger partial charge in [-0.25, -0.2) is 4.98 Å². The molecule has 5 aromatic rings. The molecule has 0 aliphatic rings. The normalized spacial score (nSPS) is 11.1. The molecule has 0 atom stereocenters. The Bertz CT molecular complexity index is 1350. The zero-order valence-corrected chi connectivity index (χ0v) is 17.4. The Labute approximate surface area is 180 Å². The topological polar surface area (TPSA) is 73.0 Å². The molecule has 0 saturated heterocycles. The number of rotatable bonds is 4. The molecule has 0 spiro atoms. The molecule has 8 heteroatoms. The monoisotopic (exact) mass is 434 g/mol. The molecule has 0 unspecified atom stereocenters. The van der Waals surface area contributed by atoms with Gasteiger partial charge < -0.3 is 9.73 Å². The average Bonchev–Trinajstić information content (AvgIpc) is 3.45. The zero-order valence-electron chi connectivity index (χ0n) is 15.8. The number of aryl methyl sites for hydroxylation is 1. The number of thiazole rings is 1. The summed E-state index contributed by atoms with van der Waals surface area (Å²) in [7, 11) is 0. The SMILES string of the molecule is Cc1cc(NC(=O)c2cccc(Cl)c2)n(-c2nc(-c3cc4ccccc4o3)cs2)n1. The van der Waals surface area contributed by atoms with Gasteiger partial charge in [0, 0.05) is 27.4 Å². The Morgan fingerprint density at radius 2 is 2.00 bits per heavy atom. The number of aromatic nitrogens is 3. The van der Waals surface area contributed by atoms with Crippen molar-refractivity contribution in [2.45, 2.75) is 6.92 Å². The first kappa shape index (κ1) is 18.6.